The summed E-state index contributed by atoms with van der Waals surface area (Å²) in [5.74, 6) is -0.766. The lowest BCUT2D eigenvalue weighted by molar-refractivity contribution is -0.175. The topological polar surface area (TPSA) is 47.1 Å². The Kier molecular flexibility index (Phi) is 4.53. The Bertz CT molecular complexity index is 348. The minimum atomic E-state index is -4.25. The maximum absolute atomic E-state index is 12.5. The van der Waals surface area contributed by atoms with E-state index < -0.39 is 18.6 Å². The van der Waals surface area contributed by atoms with Gasteiger partial charge in [-0.3, -0.25) is 4.90 Å². The highest BCUT2D eigenvalue weighted by Crippen LogP contribution is 2.26. The van der Waals surface area contributed by atoms with E-state index in [-0.39, 0.29) is 6.54 Å². The molecular formula is C10H17F3N4. The fourth-order valence-corrected chi connectivity index (χ4v) is 1.54. The van der Waals surface area contributed by atoms with E-state index in [2.05, 4.69) is 4.98 Å². The quantitative estimate of drug-likeness (QED) is 0.847. The van der Waals surface area contributed by atoms with Gasteiger partial charge < -0.3 is 10.3 Å². The van der Waals surface area contributed by atoms with E-state index in [1.807, 2.05) is 0 Å². The SMILES string of the molecule is CN(Cc1nccn1C)CC(CN)C(F)(F)F. The Labute approximate surface area is 98.2 Å². The van der Waals surface area contributed by atoms with Gasteiger partial charge in [0.2, 0.25) is 0 Å². The Hall–Kier alpha value is -1.08. The van der Waals surface area contributed by atoms with Crippen molar-refractivity contribution < 1.29 is 13.2 Å². The predicted molar refractivity (Wildman–Crippen MR) is 58.1 cm³/mol. The van der Waals surface area contributed by atoms with E-state index in [1.165, 1.54) is 0 Å². The van der Waals surface area contributed by atoms with Crippen molar-refractivity contribution in [1.82, 2.24) is 14.5 Å². The molecule has 0 saturated heterocycles. The van der Waals surface area contributed by atoms with Gasteiger partial charge in [-0.25, -0.2) is 4.98 Å². The van der Waals surface area contributed by atoms with E-state index in [0.29, 0.717) is 6.54 Å². The van der Waals surface area contributed by atoms with Crippen LogP contribution in [0.25, 0.3) is 0 Å². The highest BCUT2D eigenvalue weighted by Gasteiger charge is 2.38. The number of aryl methyl sites for hydroxylation is 1. The zero-order valence-corrected chi connectivity index (χ0v) is 9.91. The summed E-state index contributed by atoms with van der Waals surface area (Å²) in [6, 6.07) is 0. The van der Waals surface area contributed by atoms with Crippen LogP contribution in [0.2, 0.25) is 0 Å². The molecule has 1 heterocycles. The number of nitrogens with two attached hydrogens (primary N) is 1. The number of imidazole rings is 1. The van der Waals surface area contributed by atoms with Crippen LogP contribution in [-0.4, -0.2) is 40.8 Å². The van der Waals surface area contributed by atoms with E-state index in [0.717, 1.165) is 5.82 Å². The van der Waals surface area contributed by atoms with E-state index in [9.17, 15) is 13.2 Å². The van der Waals surface area contributed by atoms with Gasteiger partial charge >= 0.3 is 6.18 Å². The minimum Gasteiger partial charge on any atom is -0.337 e. The van der Waals surface area contributed by atoms with E-state index >= 15 is 0 Å². The van der Waals surface area contributed by atoms with Gasteiger partial charge in [0.1, 0.15) is 5.82 Å². The van der Waals surface area contributed by atoms with Crippen LogP contribution in [0.3, 0.4) is 0 Å². The highest BCUT2D eigenvalue weighted by atomic mass is 19.4. The first-order valence-electron chi connectivity index (χ1n) is 5.26. The van der Waals surface area contributed by atoms with Crippen LogP contribution in [0.4, 0.5) is 13.2 Å². The molecule has 0 aliphatic rings. The smallest absolute Gasteiger partial charge is 0.337 e. The first kappa shape index (κ1) is 14.0. The van der Waals surface area contributed by atoms with Crippen molar-refractivity contribution in [2.45, 2.75) is 12.7 Å². The third kappa shape index (κ3) is 4.01. The lowest BCUT2D eigenvalue weighted by Gasteiger charge is -2.24. The zero-order chi connectivity index (χ0) is 13.1. The minimum absolute atomic E-state index is 0.118. The molecule has 0 fully saturated rings. The van der Waals surface area contributed by atoms with Crippen molar-refractivity contribution in [2.24, 2.45) is 18.7 Å². The number of nitrogens with zero attached hydrogens (tertiary/aromatic N) is 3. The summed E-state index contributed by atoms with van der Waals surface area (Å²) in [6.45, 7) is -0.142. The number of alkyl halides is 3. The fourth-order valence-electron chi connectivity index (χ4n) is 1.54. The summed E-state index contributed by atoms with van der Waals surface area (Å²) >= 11 is 0. The lowest BCUT2D eigenvalue weighted by Crippen LogP contribution is -2.39. The van der Waals surface area contributed by atoms with Crippen molar-refractivity contribution >= 4 is 0 Å². The van der Waals surface area contributed by atoms with Gasteiger partial charge in [-0.15, -0.1) is 0 Å². The van der Waals surface area contributed by atoms with Gasteiger partial charge in [0.25, 0.3) is 0 Å². The molecule has 0 aliphatic heterocycles. The van der Waals surface area contributed by atoms with Gasteiger partial charge in [-0.2, -0.15) is 13.2 Å². The number of hydrogen-bond donors (Lipinski definition) is 1. The number of aromatic nitrogens is 2. The molecule has 1 rings (SSSR count). The Balaban J connectivity index is 2.54. The van der Waals surface area contributed by atoms with Crippen LogP contribution in [0.1, 0.15) is 5.82 Å². The van der Waals surface area contributed by atoms with Crippen molar-refractivity contribution in [1.29, 1.82) is 0 Å². The molecule has 1 aromatic rings. The molecule has 0 aromatic carbocycles. The summed E-state index contributed by atoms with van der Waals surface area (Å²) in [5.41, 5.74) is 5.14. The third-order valence-electron chi connectivity index (χ3n) is 2.61. The van der Waals surface area contributed by atoms with Crippen molar-refractivity contribution in [3.8, 4) is 0 Å². The van der Waals surface area contributed by atoms with Gasteiger partial charge in [-0.1, -0.05) is 0 Å². The standard InChI is InChI=1S/C10H17F3N4/c1-16(6-8(5-14)10(11,12)13)7-9-15-3-4-17(9)2/h3-4,8H,5-7,14H2,1-2H3. The Morgan fingerprint density at radius 2 is 2.18 bits per heavy atom. The summed E-state index contributed by atoms with van der Waals surface area (Å²) in [5, 5.41) is 0. The zero-order valence-electron chi connectivity index (χ0n) is 9.91. The summed E-state index contributed by atoms with van der Waals surface area (Å²) < 4.78 is 39.3. The molecule has 1 atom stereocenters. The molecular weight excluding hydrogens is 233 g/mol. The molecule has 4 nitrogen and oxygen atoms in total. The molecule has 0 amide bonds. The molecule has 2 N–H and O–H groups in total. The van der Waals surface area contributed by atoms with Gasteiger partial charge in [-0.05, 0) is 7.05 Å². The van der Waals surface area contributed by atoms with Crippen molar-refractivity contribution in [3.05, 3.63) is 18.2 Å². The molecule has 0 radical (unpaired) electrons. The fraction of sp³-hybridized carbons (Fsp3) is 0.700. The molecule has 7 heteroatoms. The van der Waals surface area contributed by atoms with Crippen molar-refractivity contribution in [2.75, 3.05) is 20.1 Å². The first-order valence-corrected chi connectivity index (χ1v) is 5.26. The lowest BCUT2D eigenvalue weighted by atomic mass is 10.1. The molecule has 98 valence electrons. The maximum atomic E-state index is 12.5. The average molecular weight is 250 g/mol. The van der Waals surface area contributed by atoms with Crippen LogP contribution in [0.15, 0.2) is 12.4 Å². The number of halogens is 3. The van der Waals surface area contributed by atoms with Crippen LogP contribution >= 0.6 is 0 Å². The maximum Gasteiger partial charge on any atom is 0.394 e. The number of hydrogen-bond acceptors (Lipinski definition) is 3. The molecule has 17 heavy (non-hydrogen) atoms. The molecule has 0 saturated carbocycles. The summed E-state index contributed by atoms with van der Waals surface area (Å²) in [6.07, 6.45) is -0.870. The monoisotopic (exact) mass is 250 g/mol. The Morgan fingerprint density at radius 1 is 1.53 bits per heavy atom. The Morgan fingerprint density at radius 3 is 2.59 bits per heavy atom. The van der Waals surface area contributed by atoms with Crippen LogP contribution in [0, 0.1) is 5.92 Å². The largest absolute Gasteiger partial charge is 0.394 e. The van der Waals surface area contributed by atoms with E-state index in [4.69, 9.17) is 5.73 Å². The normalized spacial score (nSPS) is 14.3. The molecule has 1 aromatic heterocycles. The second-order valence-electron chi connectivity index (χ2n) is 4.13. The average Bonchev–Trinajstić information content (AvgIpc) is 2.59. The molecule has 0 spiro atoms. The second-order valence-corrected chi connectivity index (χ2v) is 4.13. The molecule has 0 bridgehead atoms. The van der Waals surface area contributed by atoms with E-state index in [1.54, 1.807) is 36.0 Å². The third-order valence-corrected chi connectivity index (χ3v) is 2.61. The van der Waals surface area contributed by atoms with Crippen LogP contribution in [-0.2, 0) is 13.6 Å². The molecule has 1 unspecified atom stereocenters. The van der Waals surface area contributed by atoms with Gasteiger partial charge in [0.15, 0.2) is 0 Å². The number of rotatable bonds is 5. The summed E-state index contributed by atoms with van der Waals surface area (Å²) in [4.78, 5) is 5.64. The van der Waals surface area contributed by atoms with Crippen molar-refractivity contribution in [3.63, 3.8) is 0 Å². The predicted octanol–water partition coefficient (Wildman–Crippen LogP) is 0.989. The van der Waals surface area contributed by atoms with Crippen LogP contribution < -0.4 is 5.73 Å². The summed E-state index contributed by atoms with van der Waals surface area (Å²) in [7, 11) is 3.43. The van der Waals surface area contributed by atoms with Gasteiger partial charge in [0.05, 0.1) is 12.5 Å². The van der Waals surface area contributed by atoms with Gasteiger partial charge in [0, 0.05) is 32.5 Å². The highest BCUT2D eigenvalue weighted by molar-refractivity contribution is 4.90. The van der Waals surface area contributed by atoms with Crippen LogP contribution in [0.5, 0.6) is 0 Å². The first-order chi connectivity index (χ1) is 7.84. The molecule has 0 aliphatic carbocycles. The second kappa shape index (κ2) is 5.50.